The van der Waals surface area contributed by atoms with Crippen molar-refractivity contribution in [1.82, 2.24) is 4.90 Å². The normalized spacial score (nSPS) is 31.3. The third-order valence-electron chi connectivity index (χ3n) is 6.01. The second-order valence-corrected chi connectivity index (χ2v) is 7.79. The Labute approximate surface area is 176 Å². The molecule has 1 aromatic rings. The van der Waals surface area contributed by atoms with Gasteiger partial charge in [-0.3, -0.25) is 14.5 Å². The van der Waals surface area contributed by atoms with Gasteiger partial charge < -0.3 is 14.2 Å². The first-order valence-corrected chi connectivity index (χ1v) is 9.87. The third kappa shape index (κ3) is 4.26. The first kappa shape index (κ1) is 21.3. The van der Waals surface area contributed by atoms with E-state index in [-0.39, 0.29) is 41.6 Å². The molecule has 6 atom stereocenters. The van der Waals surface area contributed by atoms with E-state index in [1.807, 2.05) is 37.3 Å². The van der Waals surface area contributed by atoms with Gasteiger partial charge in [-0.25, -0.2) is 0 Å². The molecule has 4 rings (SSSR count). The van der Waals surface area contributed by atoms with Crippen LogP contribution in [0.5, 0.6) is 0 Å². The molecule has 3 fully saturated rings. The predicted molar refractivity (Wildman–Crippen MR) is 108 cm³/mol. The van der Waals surface area contributed by atoms with Crippen LogP contribution in [0.15, 0.2) is 30.3 Å². The van der Waals surface area contributed by atoms with Gasteiger partial charge in [0.25, 0.3) is 0 Å². The Bertz CT molecular complexity index is 681. The van der Waals surface area contributed by atoms with E-state index >= 15 is 0 Å². The molecule has 0 N–H and O–H groups in total. The van der Waals surface area contributed by atoms with Gasteiger partial charge in [0.1, 0.15) is 30.8 Å². The number of esters is 2. The predicted octanol–water partition coefficient (Wildman–Crippen LogP) is 2.85. The Hall–Kier alpha value is -1.44. The van der Waals surface area contributed by atoms with Crippen LogP contribution in [0.2, 0.25) is 0 Å². The first-order chi connectivity index (χ1) is 13.1. The van der Waals surface area contributed by atoms with Crippen LogP contribution in [0.1, 0.15) is 44.1 Å². The topological polar surface area (TPSA) is 68.4 Å². The molecule has 0 spiro atoms. The zero-order valence-electron chi connectivity index (χ0n) is 16.3. The number of hydrogen-bond acceptors (Lipinski definition) is 6. The fraction of sp³-hybridized carbons (Fsp3) is 0.619. The molecule has 3 heterocycles. The van der Waals surface area contributed by atoms with Crippen LogP contribution in [-0.2, 0) is 23.8 Å². The molecule has 1 unspecified atom stereocenters. The van der Waals surface area contributed by atoms with Crippen molar-refractivity contribution in [2.45, 2.75) is 68.9 Å². The zero-order chi connectivity index (χ0) is 19.0. The summed E-state index contributed by atoms with van der Waals surface area (Å²) < 4.78 is 16.9. The number of halogens is 1. The number of ether oxygens (including phenoxy) is 3. The van der Waals surface area contributed by atoms with E-state index in [0.29, 0.717) is 30.7 Å². The number of carbonyl (C=O) groups is 2. The Morgan fingerprint density at radius 3 is 2.43 bits per heavy atom. The molecule has 154 valence electrons. The number of benzene rings is 1. The Balaban J connectivity index is 0.00000225. The number of morpholine rings is 1. The number of piperidine rings is 1. The van der Waals surface area contributed by atoms with Gasteiger partial charge in [-0.15, -0.1) is 17.0 Å². The monoisotopic (exact) mass is 453 g/mol. The minimum atomic E-state index is -0.588. The lowest BCUT2D eigenvalue weighted by molar-refractivity contribution is -0.159. The van der Waals surface area contributed by atoms with E-state index in [2.05, 4.69) is 11.9 Å². The molecule has 0 amide bonds. The van der Waals surface area contributed by atoms with Crippen LogP contribution in [-0.4, -0.2) is 60.9 Å². The average molecular weight is 454 g/mol. The molecule has 2 bridgehead atoms. The summed E-state index contributed by atoms with van der Waals surface area (Å²) in [5.74, 6) is -1.18. The highest BCUT2D eigenvalue weighted by molar-refractivity contribution is 8.93. The van der Waals surface area contributed by atoms with Crippen molar-refractivity contribution in [2.24, 2.45) is 0 Å². The summed E-state index contributed by atoms with van der Waals surface area (Å²) in [6, 6.07) is 10.1. The average Bonchev–Trinajstić information content (AvgIpc) is 3.41. The summed E-state index contributed by atoms with van der Waals surface area (Å²) in [4.78, 5) is 27.1. The Morgan fingerprint density at radius 1 is 1.18 bits per heavy atom. The summed E-state index contributed by atoms with van der Waals surface area (Å²) in [5, 5.41) is 0. The van der Waals surface area contributed by atoms with Crippen LogP contribution in [0.4, 0.5) is 0 Å². The number of likely N-dealkylation sites (N-methyl/N-ethyl adjacent to an activating group) is 1. The van der Waals surface area contributed by atoms with Gasteiger partial charge in [0.15, 0.2) is 0 Å². The minimum absolute atomic E-state index is 0. The quantitative estimate of drug-likeness (QED) is 0.466. The van der Waals surface area contributed by atoms with Gasteiger partial charge in [0, 0.05) is 31.3 Å². The maximum atomic E-state index is 12.9. The van der Waals surface area contributed by atoms with Gasteiger partial charge >= 0.3 is 11.9 Å². The summed E-state index contributed by atoms with van der Waals surface area (Å²) in [5.41, 5.74) is 0.814. The fourth-order valence-corrected chi connectivity index (χ4v) is 4.48. The number of epoxide rings is 1. The highest BCUT2D eigenvalue weighted by Gasteiger charge is 2.62. The highest BCUT2D eigenvalue weighted by Crippen LogP contribution is 2.48. The first-order valence-electron chi connectivity index (χ1n) is 9.87. The van der Waals surface area contributed by atoms with Crippen molar-refractivity contribution in [2.75, 3.05) is 13.7 Å². The van der Waals surface area contributed by atoms with Crippen molar-refractivity contribution in [3.63, 3.8) is 0 Å². The van der Waals surface area contributed by atoms with E-state index in [1.54, 1.807) is 0 Å². The Kier molecular flexibility index (Phi) is 6.78. The summed E-state index contributed by atoms with van der Waals surface area (Å²) in [6.45, 7) is 1.95. The lowest BCUT2D eigenvalue weighted by atomic mass is 9.97. The molecule has 0 saturated carbocycles. The van der Waals surface area contributed by atoms with Crippen LogP contribution in [0.3, 0.4) is 0 Å². The van der Waals surface area contributed by atoms with Gasteiger partial charge in [-0.1, -0.05) is 37.3 Å². The van der Waals surface area contributed by atoms with E-state index < -0.39 is 5.92 Å². The molecule has 0 aliphatic carbocycles. The van der Waals surface area contributed by atoms with Crippen LogP contribution in [0.25, 0.3) is 0 Å². The van der Waals surface area contributed by atoms with Crippen LogP contribution in [0, 0.1) is 0 Å². The lowest BCUT2D eigenvalue weighted by Crippen LogP contribution is -2.48. The van der Waals surface area contributed by atoms with Crippen molar-refractivity contribution in [3.05, 3.63) is 35.9 Å². The molecule has 3 saturated heterocycles. The zero-order valence-corrected chi connectivity index (χ0v) is 18.0. The van der Waals surface area contributed by atoms with Crippen LogP contribution < -0.4 is 0 Å². The lowest BCUT2D eigenvalue weighted by Gasteiger charge is -2.38. The summed E-state index contributed by atoms with van der Waals surface area (Å²) in [7, 11) is 2.13. The highest BCUT2D eigenvalue weighted by atomic mass is 79.9. The van der Waals surface area contributed by atoms with Gasteiger partial charge in [-0.05, 0) is 19.0 Å². The van der Waals surface area contributed by atoms with E-state index in [1.165, 1.54) is 0 Å². The molecular weight excluding hydrogens is 426 g/mol. The van der Waals surface area contributed by atoms with Gasteiger partial charge in [-0.2, -0.15) is 0 Å². The van der Waals surface area contributed by atoms with E-state index in [9.17, 15) is 9.59 Å². The minimum Gasteiger partial charge on any atom is -0.464 e. The Morgan fingerprint density at radius 2 is 1.82 bits per heavy atom. The number of rotatable bonds is 7. The van der Waals surface area contributed by atoms with Crippen LogP contribution >= 0.6 is 17.0 Å². The molecule has 0 aromatic heterocycles. The molecule has 0 radical (unpaired) electrons. The maximum Gasteiger partial charge on any atom is 0.317 e. The summed E-state index contributed by atoms with van der Waals surface area (Å²) >= 11 is 0. The molecule has 7 heteroatoms. The third-order valence-corrected chi connectivity index (χ3v) is 6.01. The van der Waals surface area contributed by atoms with Crippen molar-refractivity contribution >= 4 is 28.9 Å². The summed E-state index contributed by atoms with van der Waals surface area (Å²) in [6.07, 6.45) is 3.21. The molecule has 1 aromatic carbocycles. The fourth-order valence-electron chi connectivity index (χ4n) is 4.48. The smallest absolute Gasteiger partial charge is 0.317 e. The van der Waals surface area contributed by atoms with E-state index in [0.717, 1.165) is 24.8 Å². The SMILES string of the molecule is Br.CCCC(=O)OC[C@@H](C(=O)OC1C[C@@H]2[C@H]3O[C@H]3[C@H](C1)N2C)c1ccccc1. The molecule has 28 heavy (non-hydrogen) atoms. The largest absolute Gasteiger partial charge is 0.464 e. The van der Waals surface area contributed by atoms with Gasteiger partial charge in [0.05, 0.1) is 0 Å². The van der Waals surface area contributed by atoms with Crippen molar-refractivity contribution < 1.29 is 23.8 Å². The van der Waals surface area contributed by atoms with Crippen molar-refractivity contribution in [3.8, 4) is 0 Å². The number of fused-ring (bicyclic) bond motifs is 5. The molecular formula is C21H28BrNO5. The van der Waals surface area contributed by atoms with E-state index in [4.69, 9.17) is 14.2 Å². The number of nitrogens with zero attached hydrogens (tertiary/aromatic N) is 1. The molecule has 3 aliphatic heterocycles. The molecule has 6 nitrogen and oxygen atoms in total. The van der Waals surface area contributed by atoms with Gasteiger partial charge in [0.2, 0.25) is 0 Å². The maximum absolute atomic E-state index is 12.9. The second kappa shape index (κ2) is 8.93. The number of carbonyl (C=O) groups excluding carboxylic acids is 2. The second-order valence-electron chi connectivity index (χ2n) is 7.79. The standard InChI is InChI=1S/C21H27NO5.BrH/c1-3-7-18(23)25-12-15(13-8-5-4-6-9-13)21(24)26-14-10-16-19-20(27-19)17(11-14)22(16)2;/h4-6,8-9,14-17,19-20H,3,7,10-12H2,1-2H3;1H/t14?,15-,16-,17+,19-,20+;/m1./s1. The molecule has 3 aliphatic rings. The van der Waals surface area contributed by atoms with Crippen molar-refractivity contribution in [1.29, 1.82) is 0 Å². The number of hydrogen-bond donors (Lipinski definition) is 0.